The van der Waals surface area contributed by atoms with Gasteiger partial charge in [0.2, 0.25) is 0 Å². The van der Waals surface area contributed by atoms with Crippen LogP contribution in [0.25, 0.3) is 0 Å². The van der Waals surface area contributed by atoms with Crippen LogP contribution >= 0.6 is 11.3 Å². The van der Waals surface area contributed by atoms with Crippen LogP contribution in [-0.4, -0.2) is 15.7 Å². The Morgan fingerprint density at radius 1 is 1.28 bits per heavy atom. The Hall–Kier alpha value is -1.33. The second kappa shape index (κ2) is 6.56. The van der Waals surface area contributed by atoms with E-state index in [-0.39, 0.29) is 5.69 Å². The van der Waals surface area contributed by atoms with E-state index in [1.165, 1.54) is 4.88 Å². The molecule has 0 atom stereocenters. The highest BCUT2D eigenvalue weighted by Crippen LogP contribution is 2.06. The summed E-state index contributed by atoms with van der Waals surface area (Å²) in [6.45, 7) is 5.29. The molecule has 0 aliphatic heterocycles. The summed E-state index contributed by atoms with van der Waals surface area (Å²) in [6, 6.07) is 4.17. The second-order valence-corrected chi connectivity index (χ2v) is 5.26. The van der Waals surface area contributed by atoms with Crippen molar-refractivity contribution in [3.63, 3.8) is 0 Å². The van der Waals surface area contributed by atoms with Gasteiger partial charge in [-0.3, -0.25) is 9.13 Å². The first-order chi connectivity index (χ1) is 8.81. The lowest BCUT2D eigenvalue weighted by Crippen LogP contribution is -2.28. The summed E-state index contributed by atoms with van der Waals surface area (Å²) in [5.74, 6) is 0. The molecule has 2 rings (SSSR count). The van der Waals surface area contributed by atoms with E-state index in [4.69, 9.17) is 0 Å². The first kappa shape index (κ1) is 13.1. The molecular formula is C13H19N3OS. The van der Waals surface area contributed by atoms with E-state index in [9.17, 15) is 4.79 Å². The van der Waals surface area contributed by atoms with Gasteiger partial charge in [-0.2, -0.15) is 0 Å². The molecule has 2 heterocycles. The van der Waals surface area contributed by atoms with Crippen molar-refractivity contribution in [3.8, 4) is 0 Å². The Bertz CT molecular complexity index is 513. The number of aromatic nitrogens is 2. The molecule has 0 amide bonds. The molecule has 2 aromatic rings. The maximum Gasteiger partial charge on any atom is 0.328 e. The van der Waals surface area contributed by atoms with Crippen LogP contribution < -0.4 is 11.0 Å². The highest BCUT2D eigenvalue weighted by atomic mass is 32.1. The molecule has 0 radical (unpaired) electrons. The van der Waals surface area contributed by atoms with Gasteiger partial charge in [-0.05, 0) is 17.9 Å². The topological polar surface area (TPSA) is 39.0 Å². The van der Waals surface area contributed by atoms with Crippen LogP contribution in [0.4, 0.5) is 0 Å². The summed E-state index contributed by atoms with van der Waals surface area (Å²) < 4.78 is 3.52. The van der Waals surface area contributed by atoms with Crippen LogP contribution in [0.15, 0.2) is 34.7 Å². The minimum atomic E-state index is 0.0924. The SMILES string of the molecule is CCCn1ccn(CCNCc2cccs2)c1=O. The van der Waals surface area contributed by atoms with Gasteiger partial charge in [0, 0.05) is 43.4 Å². The Morgan fingerprint density at radius 2 is 2.06 bits per heavy atom. The third-order valence-corrected chi connectivity index (χ3v) is 3.67. The van der Waals surface area contributed by atoms with Gasteiger partial charge in [-0.25, -0.2) is 4.79 Å². The van der Waals surface area contributed by atoms with Gasteiger partial charge >= 0.3 is 5.69 Å². The quantitative estimate of drug-likeness (QED) is 0.777. The van der Waals surface area contributed by atoms with Crippen molar-refractivity contribution in [2.75, 3.05) is 6.54 Å². The van der Waals surface area contributed by atoms with Gasteiger partial charge in [-0.15, -0.1) is 11.3 Å². The fourth-order valence-corrected chi connectivity index (χ4v) is 2.53. The Morgan fingerprint density at radius 3 is 2.72 bits per heavy atom. The number of aryl methyl sites for hydroxylation is 1. The average molecular weight is 265 g/mol. The molecule has 4 nitrogen and oxygen atoms in total. The molecule has 0 aromatic carbocycles. The summed E-state index contributed by atoms with van der Waals surface area (Å²) in [5.41, 5.74) is 0.0924. The second-order valence-electron chi connectivity index (χ2n) is 4.22. The first-order valence-electron chi connectivity index (χ1n) is 6.30. The van der Waals surface area contributed by atoms with Crippen LogP contribution in [0.1, 0.15) is 18.2 Å². The van der Waals surface area contributed by atoms with E-state index in [0.717, 1.165) is 32.6 Å². The number of imidazole rings is 1. The van der Waals surface area contributed by atoms with Gasteiger partial charge < -0.3 is 5.32 Å². The summed E-state index contributed by atoms with van der Waals surface area (Å²) in [6.07, 6.45) is 4.72. The molecule has 0 spiro atoms. The number of nitrogens with one attached hydrogen (secondary N) is 1. The van der Waals surface area contributed by atoms with Crippen molar-refractivity contribution in [1.82, 2.24) is 14.5 Å². The molecule has 1 N–H and O–H groups in total. The van der Waals surface area contributed by atoms with E-state index in [1.54, 1.807) is 20.5 Å². The fraction of sp³-hybridized carbons (Fsp3) is 0.462. The zero-order valence-electron chi connectivity index (χ0n) is 10.6. The lowest BCUT2D eigenvalue weighted by Gasteiger charge is -2.03. The largest absolute Gasteiger partial charge is 0.328 e. The minimum absolute atomic E-state index is 0.0924. The van der Waals surface area contributed by atoms with Crippen LogP contribution in [0.2, 0.25) is 0 Å². The van der Waals surface area contributed by atoms with Crippen molar-refractivity contribution in [2.24, 2.45) is 0 Å². The maximum atomic E-state index is 11.9. The lowest BCUT2D eigenvalue weighted by atomic mass is 10.4. The van der Waals surface area contributed by atoms with E-state index in [2.05, 4.69) is 29.8 Å². The monoisotopic (exact) mass is 265 g/mol. The van der Waals surface area contributed by atoms with Crippen LogP contribution in [0, 0.1) is 0 Å². The van der Waals surface area contributed by atoms with Crippen molar-refractivity contribution in [1.29, 1.82) is 0 Å². The minimum Gasteiger partial charge on any atom is -0.310 e. The predicted octanol–water partition coefficient (Wildman–Crippen LogP) is 1.91. The van der Waals surface area contributed by atoms with Crippen LogP contribution in [0.5, 0.6) is 0 Å². The highest BCUT2D eigenvalue weighted by Gasteiger charge is 2.01. The maximum absolute atomic E-state index is 11.9. The van der Waals surface area contributed by atoms with E-state index < -0.39 is 0 Å². The highest BCUT2D eigenvalue weighted by molar-refractivity contribution is 7.09. The van der Waals surface area contributed by atoms with Crippen LogP contribution in [-0.2, 0) is 19.6 Å². The molecule has 0 saturated heterocycles. The Labute approximate surface area is 111 Å². The molecular weight excluding hydrogens is 246 g/mol. The van der Waals surface area contributed by atoms with E-state index in [0.29, 0.717) is 0 Å². The Kier molecular flexibility index (Phi) is 4.78. The fourth-order valence-electron chi connectivity index (χ4n) is 1.86. The summed E-state index contributed by atoms with van der Waals surface area (Å²) in [7, 11) is 0. The van der Waals surface area contributed by atoms with Crippen LogP contribution in [0.3, 0.4) is 0 Å². The standard InChI is InChI=1S/C13H19N3OS/c1-2-6-15-8-9-16(13(15)17)7-5-14-11-12-4-3-10-18-12/h3-4,8-10,14H,2,5-7,11H2,1H3. The van der Waals surface area contributed by atoms with Gasteiger partial charge in [0.1, 0.15) is 0 Å². The molecule has 0 bridgehead atoms. The molecule has 0 aliphatic rings. The van der Waals surface area contributed by atoms with Crippen molar-refractivity contribution in [3.05, 3.63) is 45.3 Å². The van der Waals surface area contributed by atoms with Crippen molar-refractivity contribution >= 4 is 11.3 Å². The molecule has 0 fully saturated rings. The van der Waals surface area contributed by atoms with Gasteiger partial charge in [0.15, 0.2) is 0 Å². The summed E-state index contributed by atoms with van der Waals surface area (Å²) in [5, 5.41) is 5.42. The van der Waals surface area contributed by atoms with Crippen molar-refractivity contribution < 1.29 is 0 Å². The molecule has 5 heteroatoms. The summed E-state index contributed by atoms with van der Waals surface area (Å²) >= 11 is 1.75. The van der Waals surface area contributed by atoms with E-state index >= 15 is 0 Å². The number of hydrogen-bond donors (Lipinski definition) is 1. The number of hydrogen-bond acceptors (Lipinski definition) is 3. The van der Waals surface area contributed by atoms with E-state index in [1.807, 2.05) is 12.4 Å². The smallest absolute Gasteiger partial charge is 0.310 e. The number of rotatable bonds is 7. The Balaban J connectivity index is 1.78. The molecule has 98 valence electrons. The van der Waals surface area contributed by atoms with Gasteiger partial charge in [-0.1, -0.05) is 13.0 Å². The molecule has 18 heavy (non-hydrogen) atoms. The number of thiophene rings is 1. The zero-order chi connectivity index (χ0) is 12.8. The van der Waals surface area contributed by atoms with Gasteiger partial charge in [0.25, 0.3) is 0 Å². The number of nitrogens with zero attached hydrogens (tertiary/aromatic N) is 2. The third-order valence-electron chi connectivity index (χ3n) is 2.79. The lowest BCUT2D eigenvalue weighted by molar-refractivity contribution is 0.564. The van der Waals surface area contributed by atoms with Gasteiger partial charge in [0.05, 0.1) is 0 Å². The molecule has 0 aliphatic carbocycles. The van der Waals surface area contributed by atoms with Crippen molar-refractivity contribution in [2.45, 2.75) is 33.0 Å². The molecule has 2 aromatic heterocycles. The first-order valence-corrected chi connectivity index (χ1v) is 7.18. The zero-order valence-corrected chi connectivity index (χ0v) is 11.4. The predicted molar refractivity (Wildman–Crippen MR) is 75.0 cm³/mol. The third kappa shape index (κ3) is 3.34. The summed E-state index contributed by atoms with van der Waals surface area (Å²) in [4.78, 5) is 13.2. The molecule has 0 unspecified atom stereocenters. The average Bonchev–Trinajstić information content (AvgIpc) is 2.98. The normalized spacial score (nSPS) is 10.9. The molecule has 0 saturated carbocycles.